The molecule has 0 saturated carbocycles. The molecule has 0 saturated heterocycles. The monoisotopic (exact) mass is 298 g/mol. The van der Waals surface area contributed by atoms with Crippen molar-refractivity contribution in [2.24, 2.45) is 7.05 Å². The van der Waals surface area contributed by atoms with Crippen molar-refractivity contribution in [3.8, 4) is 0 Å². The molecule has 0 fully saturated rings. The van der Waals surface area contributed by atoms with E-state index in [2.05, 4.69) is 21.0 Å². The summed E-state index contributed by atoms with van der Waals surface area (Å²) in [6.45, 7) is 0. The lowest BCUT2D eigenvalue weighted by Crippen LogP contribution is -2.04. The van der Waals surface area contributed by atoms with Crippen molar-refractivity contribution in [1.82, 2.24) is 9.78 Å². The molecular formula is C12H12BrFN2O. The number of aromatic nitrogens is 2. The lowest BCUT2D eigenvalue weighted by molar-refractivity contribution is 0.172. The predicted octanol–water partition coefficient (Wildman–Crippen LogP) is 2.60. The van der Waals surface area contributed by atoms with Crippen molar-refractivity contribution >= 4 is 15.9 Å². The van der Waals surface area contributed by atoms with Crippen LogP contribution in [0.1, 0.15) is 17.4 Å². The number of aryl methyl sites for hydroxylation is 1. The molecule has 1 heterocycles. The van der Waals surface area contributed by atoms with E-state index in [1.807, 2.05) is 0 Å². The number of hydrogen-bond acceptors (Lipinski definition) is 2. The molecule has 1 aromatic heterocycles. The molecule has 0 aliphatic rings. The van der Waals surface area contributed by atoms with Crippen LogP contribution in [0, 0.1) is 5.82 Å². The Hall–Kier alpha value is -1.20. The Morgan fingerprint density at radius 2 is 2.24 bits per heavy atom. The summed E-state index contributed by atoms with van der Waals surface area (Å²) in [5, 5.41) is 14.1. The number of halogens is 2. The van der Waals surface area contributed by atoms with Crippen molar-refractivity contribution in [1.29, 1.82) is 0 Å². The van der Waals surface area contributed by atoms with Crippen molar-refractivity contribution < 1.29 is 9.50 Å². The first-order valence-electron chi connectivity index (χ1n) is 5.17. The maximum atomic E-state index is 13.2. The van der Waals surface area contributed by atoms with E-state index in [1.54, 1.807) is 30.1 Å². The highest BCUT2D eigenvalue weighted by molar-refractivity contribution is 9.10. The van der Waals surface area contributed by atoms with Crippen LogP contribution in [0.4, 0.5) is 4.39 Å². The fourth-order valence-electron chi connectivity index (χ4n) is 1.67. The number of aliphatic hydroxyl groups is 1. The standard InChI is InChI=1S/C12H12BrFN2O/c1-16-3-2-11(15-16)12(17)6-8-4-9(13)7-10(14)5-8/h2-5,7,12,17H,6H2,1H3. The number of aliphatic hydroxyl groups excluding tert-OH is 1. The van der Waals surface area contributed by atoms with Gasteiger partial charge in [0.2, 0.25) is 0 Å². The van der Waals surface area contributed by atoms with Crippen LogP contribution in [0.2, 0.25) is 0 Å². The molecule has 1 unspecified atom stereocenters. The molecule has 1 aromatic carbocycles. The summed E-state index contributed by atoms with van der Waals surface area (Å²) in [5.41, 5.74) is 1.32. The Bertz CT molecular complexity index is 507. The van der Waals surface area contributed by atoms with E-state index in [0.717, 1.165) is 5.56 Å². The second kappa shape index (κ2) is 4.98. The largest absolute Gasteiger partial charge is 0.386 e. The Morgan fingerprint density at radius 3 is 2.82 bits per heavy atom. The lowest BCUT2D eigenvalue weighted by atomic mass is 10.1. The van der Waals surface area contributed by atoms with Crippen molar-refractivity contribution in [3.63, 3.8) is 0 Å². The van der Waals surface area contributed by atoms with Gasteiger partial charge in [-0.05, 0) is 29.8 Å². The zero-order valence-electron chi connectivity index (χ0n) is 9.27. The molecule has 0 aliphatic heterocycles. The quantitative estimate of drug-likeness (QED) is 0.946. The first kappa shape index (κ1) is 12.3. The summed E-state index contributed by atoms with van der Waals surface area (Å²) in [5.74, 6) is -0.317. The molecule has 0 amide bonds. The zero-order valence-corrected chi connectivity index (χ0v) is 10.9. The third kappa shape index (κ3) is 3.14. The van der Waals surface area contributed by atoms with Gasteiger partial charge in [0.05, 0.1) is 5.69 Å². The number of hydrogen-bond donors (Lipinski definition) is 1. The van der Waals surface area contributed by atoms with Crippen LogP contribution in [0.5, 0.6) is 0 Å². The molecule has 90 valence electrons. The molecule has 1 N–H and O–H groups in total. The van der Waals surface area contributed by atoms with Gasteiger partial charge in [-0.15, -0.1) is 0 Å². The molecule has 17 heavy (non-hydrogen) atoms. The van der Waals surface area contributed by atoms with E-state index >= 15 is 0 Å². The van der Waals surface area contributed by atoms with Crippen LogP contribution in [-0.2, 0) is 13.5 Å². The third-order valence-electron chi connectivity index (χ3n) is 2.43. The Labute approximate surface area is 107 Å². The summed E-state index contributed by atoms with van der Waals surface area (Å²) in [6, 6.07) is 6.34. The van der Waals surface area contributed by atoms with Crippen LogP contribution in [0.3, 0.4) is 0 Å². The van der Waals surface area contributed by atoms with Crippen LogP contribution in [-0.4, -0.2) is 14.9 Å². The molecule has 0 bridgehead atoms. The van der Waals surface area contributed by atoms with Gasteiger partial charge in [0.1, 0.15) is 11.9 Å². The highest BCUT2D eigenvalue weighted by Crippen LogP contribution is 2.20. The van der Waals surface area contributed by atoms with Gasteiger partial charge in [0.15, 0.2) is 0 Å². The summed E-state index contributed by atoms with van der Waals surface area (Å²) >= 11 is 3.22. The number of benzene rings is 1. The molecule has 0 spiro atoms. The van der Waals surface area contributed by atoms with E-state index in [9.17, 15) is 9.50 Å². The summed E-state index contributed by atoms with van der Waals surface area (Å²) < 4.78 is 15.4. The van der Waals surface area contributed by atoms with E-state index in [4.69, 9.17) is 0 Å². The van der Waals surface area contributed by atoms with Crippen LogP contribution >= 0.6 is 15.9 Å². The lowest BCUT2D eigenvalue weighted by Gasteiger charge is -2.08. The number of nitrogens with zero attached hydrogens (tertiary/aromatic N) is 2. The summed E-state index contributed by atoms with van der Waals surface area (Å²) in [6.07, 6.45) is 1.39. The molecule has 2 aromatic rings. The SMILES string of the molecule is Cn1ccc(C(O)Cc2cc(F)cc(Br)c2)n1. The molecule has 0 radical (unpaired) electrons. The van der Waals surface area contributed by atoms with Gasteiger partial charge >= 0.3 is 0 Å². The highest BCUT2D eigenvalue weighted by Gasteiger charge is 2.12. The third-order valence-corrected chi connectivity index (χ3v) is 2.88. The molecule has 3 nitrogen and oxygen atoms in total. The van der Waals surface area contributed by atoms with Crippen LogP contribution < -0.4 is 0 Å². The average Bonchev–Trinajstić information content (AvgIpc) is 2.63. The van der Waals surface area contributed by atoms with Gasteiger partial charge in [0, 0.05) is 24.1 Å². The van der Waals surface area contributed by atoms with Crippen LogP contribution in [0.15, 0.2) is 34.9 Å². The molecule has 0 aliphatic carbocycles. The van der Waals surface area contributed by atoms with Crippen molar-refractivity contribution in [2.45, 2.75) is 12.5 Å². The van der Waals surface area contributed by atoms with Crippen molar-refractivity contribution in [3.05, 3.63) is 52.0 Å². The maximum Gasteiger partial charge on any atom is 0.124 e. The van der Waals surface area contributed by atoms with Crippen LogP contribution in [0.25, 0.3) is 0 Å². The van der Waals surface area contributed by atoms with Gasteiger partial charge in [-0.1, -0.05) is 15.9 Å². The summed E-state index contributed by atoms with van der Waals surface area (Å²) in [7, 11) is 1.79. The minimum Gasteiger partial charge on any atom is -0.386 e. The Balaban J connectivity index is 2.15. The smallest absolute Gasteiger partial charge is 0.124 e. The fraction of sp³-hybridized carbons (Fsp3) is 0.250. The first-order valence-corrected chi connectivity index (χ1v) is 5.96. The van der Waals surface area contributed by atoms with E-state index in [0.29, 0.717) is 16.6 Å². The van der Waals surface area contributed by atoms with Gasteiger partial charge < -0.3 is 5.11 Å². The number of rotatable bonds is 3. The topological polar surface area (TPSA) is 38.0 Å². The minimum absolute atomic E-state index is 0.317. The maximum absolute atomic E-state index is 13.2. The molecule has 2 rings (SSSR count). The van der Waals surface area contributed by atoms with Crippen molar-refractivity contribution in [2.75, 3.05) is 0 Å². The normalized spacial score (nSPS) is 12.7. The average molecular weight is 299 g/mol. The Morgan fingerprint density at radius 1 is 1.47 bits per heavy atom. The van der Waals surface area contributed by atoms with E-state index < -0.39 is 6.10 Å². The predicted molar refractivity (Wildman–Crippen MR) is 66.0 cm³/mol. The second-order valence-electron chi connectivity index (χ2n) is 3.91. The summed E-state index contributed by atoms with van der Waals surface area (Å²) in [4.78, 5) is 0. The fourth-order valence-corrected chi connectivity index (χ4v) is 2.18. The van der Waals surface area contributed by atoms with Gasteiger partial charge in [-0.2, -0.15) is 5.10 Å². The highest BCUT2D eigenvalue weighted by atomic mass is 79.9. The minimum atomic E-state index is -0.718. The van der Waals surface area contributed by atoms with Gasteiger partial charge in [-0.3, -0.25) is 4.68 Å². The molecular weight excluding hydrogens is 287 g/mol. The molecule has 1 atom stereocenters. The second-order valence-corrected chi connectivity index (χ2v) is 4.83. The zero-order chi connectivity index (χ0) is 12.4. The van der Waals surface area contributed by atoms with Gasteiger partial charge in [0.25, 0.3) is 0 Å². The van der Waals surface area contributed by atoms with E-state index in [-0.39, 0.29) is 5.82 Å². The first-order chi connectivity index (χ1) is 8.04. The molecule has 5 heteroatoms. The van der Waals surface area contributed by atoms with Gasteiger partial charge in [-0.25, -0.2) is 4.39 Å². The van der Waals surface area contributed by atoms with E-state index in [1.165, 1.54) is 12.1 Å². The Kier molecular flexibility index (Phi) is 3.59.